The van der Waals surface area contributed by atoms with Gasteiger partial charge in [-0.1, -0.05) is 0 Å². The number of nitrogens with zero attached hydrogens (tertiary/aromatic N) is 3. The standard InChI is InChI=1S/C12H13N5O3/c1-3-14-9-7(5-13)11(18)17-10(16-9)8(6-15-17)12(19)20-4-2/h6,14-15H,3-4H2,1-2H3. The van der Waals surface area contributed by atoms with E-state index in [2.05, 4.69) is 15.4 Å². The van der Waals surface area contributed by atoms with Gasteiger partial charge in [0, 0.05) is 12.7 Å². The van der Waals surface area contributed by atoms with E-state index in [1.54, 1.807) is 6.92 Å². The molecule has 2 heterocycles. The number of fused-ring (bicyclic) bond motifs is 1. The second kappa shape index (κ2) is 5.44. The van der Waals surface area contributed by atoms with Gasteiger partial charge in [-0.25, -0.2) is 9.78 Å². The molecule has 2 aromatic heterocycles. The SMILES string of the molecule is CCNc1nc2c(C(=O)OCC)c[nH]n2c(=O)c1C#N. The molecule has 0 aliphatic carbocycles. The Kier molecular flexibility index (Phi) is 3.70. The highest BCUT2D eigenvalue weighted by Crippen LogP contribution is 2.13. The van der Waals surface area contributed by atoms with Gasteiger partial charge in [0.15, 0.2) is 17.0 Å². The smallest absolute Gasteiger partial charge is 0.343 e. The zero-order valence-electron chi connectivity index (χ0n) is 11.1. The maximum atomic E-state index is 12.1. The van der Waals surface area contributed by atoms with Crippen LogP contribution < -0.4 is 10.9 Å². The van der Waals surface area contributed by atoms with Crippen LogP contribution >= 0.6 is 0 Å². The molecule has 0 atom stereocenters. The summed E-state index contributed by atoms with van der Waals surface area (Å²) in [6.07, 6.45) is 1.33. The monoisotopic (exact) mass is 275 g/mol. The predicted octanol–water partition coefficient (Wildman–Crippen LogP) is 0.503. The highest BCUT2D eigenvalue weighted by atomic mass is 16.5. The zero-order chi connectivity index (χ0) is 14.7. The number of hydrogen-bond donors (Lipinski definition) is 2. The summed E-state index contributed by atoms with van der Waals surface area (Å²) in [6.45, 7) is 4.21. The molecule has 0 aliphatic rings. The van der Waals surface area contributed by atoms with Crippen LogP contribution in [-0.4, -0.2) is 33.7 Å². The Balaban J connectivity index is 2.71. The molecule has 0 saturated heterocycles. The van der Waals surface area contributed by atoms with Crippen LogP contribution in [-0.2, 0) is 4.74 Å². The fourth-order valence-corrected chi connectivity index (χ4v) is 1.77. The van der Waals surface area contributed by atoms with Gasteiger partial charge in [-0.3, -0.25) is 9.89 Å². The lowest BCUT2D eigenvalue weighted by Gasteiger charge is -2.05. The first kappa shape index (κ1) is 13.6. The lowest BCUT2D eigenvalue weighted by atomic mass is 10.3. The van der Waals surface area contributed by atoms with E-state index in [0.717, 1.165) is 4.52 Å². The van der Waals surface area contributed by atoms with Crippen LogP contribution in [0.15, 0.2) is 11.0 Å². The van der Waals surface area contributed by atoms with Gasteiger partial charge in [-0.15, -0.1) is 0 Å². The van der Waals surface area contributed by atoms with Crippen LogP contribution in [0.25, 0.3) is 5.65 Å². The number of H-pyrrole nitrogens is 1. The number of esters is 1. The zero-order valence-corrected chi connectivity index (χ0v) is 11.1. The molecule has 104 valence electrons. The van der Waals surface area contributed by atoms with Crippen molar-refractivity contribution in [3.05, 3.63) is 27.7 Å². The van der Waals surface area contributed by atoms with Gasteiger partial charge in [-0.05, 0) is 13.8 Å². The van der Waals surface area contributed by atoms with Crippen molar-refractivity contribution < 1.29 is 9.53 Å². The van der Waals surface area contributed by atoms with Crippen LogP contribution in [0.4, 0.5) is 5.82 Å². The minimum atomic E-state index is -0.578. The van der Waals surface area contributed by atoms with Crippen molar-refractivity contribution in [3.8, 4) is 6.07 Å². The van der Waals surface area contributed by atoms with Gasteiger partial charge in [-0.2, -0.15) is 9.78 Å². The molecule has 0 amide bonds. The van der Waals surface area contributed by atoms with Crippen molar-refractivity contribution in [2.24, 2.45) is 0 Å². The molecule has 8 nitrogen and oxygen atoms in total. The average Bonchev–Trinajstić information content (AvgIpc) is 2.84. The Morgan fingerprint density at radius 1 is 1.60 bits per heavy atom. The molecule has 0 aromatic carbocycles. The lowest BCUT2D eigenvalue weighted by molar-refractivity contribution is 0.0528. The molecule has 20 heavy (non-hydrogen) atoms. The molecular weight excluding hydrogens is 262 g/mol. The van der Waals surface area contributed by atoms with E-state index in [0.29, 0.717) is 6.54 Å². The van der Waals surface area contributed by atoms with E-state index in [9.17, 15) is 9.59 Å². The number of carbonyl (C=O) groups excluding carboxylic acids is 1. The van der Waals surface area contributed by atoms with E-state index in [1.165, 1.54) is 6.20 Å². The van der Waals surface area contributed by atoms with E-state index in [4.69, 9.17) is 10.00 Å². The largest absolute Gasteiger partial charge is 0.462 e. The van der Waals surface area contributed by atoms with Gasteiger partial charge in [0.2, 0.25) is 0 Å². The highest BCUT2D eigenvalue weighted by Gasteiger charge is 2.19. The molecule has 0 spiro atoms. The van der Waals surface area contributed by atoms with Gasteiger partial charge in [0.1, 0.15) is 11.6 Å². The fourth-order valence-electron chi connectivity index (χ4n) is 1.77. The van der Waals surface area contributed by atoms with E-state index < -0.39 is 11.5 Å². The minimum absolute atomic E-state index is 0.110. The molecular formula is C12H13N5O3. The minimum Gasteiger partial charge on any atom is -0.462 e. The number of ether oxygens (including phenoxy) is 1. The van der Waals surface area contributed by atoms with Crippen molar-refractivity contribution in [1.82, 2.24) is 14.6 Å². The number of nitrogens with one attached hydrogen (secondary N) is 2. The number of aromatic nitrogens is 3. The molecule has 0 saturated carbocycles. The normalized spacial score (nSPS) is 10.2. The molecule has 0 radical (unpaired) electrons. The van der Waals surface area contributed by atoms with Gasteiger partial charge in [0.05, 0.1) is 6.61 Å². The number of hydrogen-bond acceptors (Lipinski definition) is 6. The summed E-state index contributed by atoms with van der Waals surface area (Å²) in [5, 5.41) is 14.5. The number of aromatic amines is 1. The molecule has 0 aliphatic heterocycles. The first-order chi connectivity index (χ1) is 9.63. The molecule has 0 unspecified atom stereocenters. The first-order valence-corrected chi connectivity index (χ1v) is 6.09. The van der Waals surface area contributed by atoms with Crippen molar-refractivity contribution in [1.29, 1.82) is 5.26 Å². The summed E-state index contributed by atoms with van der Waals surface area (Å²) in [4.78, 5) is 28.1. The van der Waals surface area contributed by atoms with E-state index in [-0.39, 0.29) is 29.2 Å². The number of anilines is 1. The summed E-state index contributed by atoms with van der Waals surface area (Å²) in [6, 6.07) is 1.81. The van der Waals surface area contributed by atoms with Gasteiger partial charge >= 0.3 is 5.97 Å². The van der Waals surface area contributed by atoms with Crippen LogP contribution in [0, 0.1) is 11.3 Å². The first-order valence-electron chi connectivity index (χ1n) is 6.09. The van der Waals surface area contributed by atoms with Crippen LogP contribution in [0.1, 0.15) is 29.8 Å². The Bertz CT molecular complexity index is 753. The van der Waals surface area contributed by atoms with Crippen molar-refractivity contribution in [3.63, 3.8) is 0 Å². The van der Waals surface area contributed by atoms with Crippen LogP contribution in [0.3, 0.4) is 0 Å². The van der Waals surface area contributed by atoms with Crippen LogP contribution in [0.5, 0.6) is 0 Å². The molecule has 2 N–H and O–H groups in total. The summed E-state index contributed by atoms with van der Waals surface area (Å²) in [7, 11) is 0. The molecule has 2 rings (SSSR count). The second-order valence-electron chi connectivity index (χ2n) is 3.85. The van der Waals surface area contributed by atoms with Gasteiger partial charge in [0.25, 0.3) is 5.56 Å². The Morgan fingerprint density at radius 2 is 2.35 bits per heavy atom. The number of nitriles is 1. The van der Waals surface area contributed by atoms with E-state index >= 15 is 0 Å². The van der Waals surface area contributed by atoms with Crippen molar-refractivity contribution in [2.75, 3.05) is 18.5 Å². The Labute approximate surface area is 114 Å². The summed E-state index contributed by atoms with van der Waals surface area (Å²) in [5.74, 6) is -0.421. The number of rotatable bonds is 4. The number of carbonyl (C=O) groups is 1. The summed E-state index contributed by atoms with van der Waals surface area (Å²) < 4.78 is 5.94. The maximum Gasteiger partial charge on any atom is 0.343 e. The molecule has 0 bridgehead atoms. The maximum absolute atomic E-state index is 12.1. The van der Waals surface area contributed by atoms with E-state index in [1.807, 2.05) is 13.0 Å². The average molecular weight is 275 g/mol. The van der Waals surface area contributed by atoms with Crippen LogP contribution in [0.2, 0.25) is 0 Å². The Morgan fingerprint density at radius 3 is 2.95 bits per heavy atom. The third-order valence-electron chi connectivity index (χ3n) is 2.61. The quantitative estimate of drug-likeness (QED) is 0.786. The summed E-state index contributed by atoms with van der Waals surface area (Å²) >= 11 is 0. The molecule has 0 fully saturated rings. The van der Waals surface area contributed by atoms with Crippen molar-refractivity contribution in [2.45, 2.75) is 13.8 Å². The van der Waals surface area contributed by atoms with Crippen molar-refractivity contribution >= 4 is 17.4 Å². The van der Waals surface area contributed by atoms with Gasteiger partial charge < -0.3 is 10.1 Å². The Hall–Kier alpha value is -2.82. The predicted molar refractivity (Wildman–Crippen MR) is 70.6 cm³/mol. The second-order valence-corrected chi connectivity index (χ2v) is 3.85. The topological polar surface area (TPSA) is 112 Å². The molecule has 2 aromatic rings. The summed E-state index contributed by atoms with van der Waals surface area (Å²) in [5.41, 5.74) is -0.401. The third-order valence-corrected chi connectivity index (χ3v) is 2.61. The fraction of sp³-hybridized carbons (Fsp3) is 0.333. The highest BCUT2D eigenvalue weighted by molar-refractivity contribution is 5.95. The molecule has 8 heteroatoms. The lowest BCUT2D eigenvalue weighted by Crippen LogP contribution is -2.21. The third kappa shape index (κ3) is 2.09.